The number of nitrogens with one attached hydrogen (secondary N) is 1. The Balaban J connectivity index is 2.30. The number of carboxylic acid groups (broad SMARTS) is 1. The van der Waals surface area contributed by atoms with Gasteiger partial charge in [-0.25, -0.2) is 9.18 Å². The molecule has 21 heavy (non-hydrogen) atoms. The molecular weight excluding hydrogens is 299 g/mol. The number of carboxylic acids is 1. The third-order valence-electron chi connectivity index (χ3n) is 3.44. The van der Waals surface area contributed by atoms with Gasteiger partial charge in [-0.3, -0.25) is 4.72 Å². The third kappa shape index (κ3) is 3.51. The molecule has 1 aliphatic rings. The number of aryl methyl sites for hydroxylation is 1. The molecule has 6 nitrogen and oxygen atoms in total. The first kappa shape index (κ1) is 15.7. The van der Waals surface area contributed by atoms with Gasteiger partial charge < -0.3 is 5.11 Å². The first-order valence-electron chi connectivity index (χ1n) is 6.62. The first-order valence-corrected chi connectivity index (χ1v) is 8.06. The van der Waals surface area contributed by atoms with Crippen LogP contribution in [-0.2, 0) is 10.2 Å². The molecule has 1 aromatic carbocycles. The highest BCUT2D eigenvalue weighted by atomic mass is 32.2. The average molecular weight is 316 g/mol. The maximum Gasteiger partial charge on any atom is 0.336 e. The topological polar surface area (TPSA) is 86.7 Å². The number of benzene rings is 1. The number of nitrogens with zero attached hydrogens (tertiary/aromatic N) is 1. The minimum absolute atomic E-state index is 0.132. The number of hydrogen-bond donors (Lipinski definition) is 2. The molecule has 0 atom stereocenters. The standard InChI is InChI=1S/C13H17FN2O4S/c1-9-7-11(14)12(8-10(9)13(17)18)15-21(19,20)16-5-3-2-4-6-16/h7-8,15H,2-6H2,1H3,(H,17,18). The maximum absolute atomic E-state index is 13.9. The lowest BCUT2D eigenvalue weighted by Crippen LogP contribution is -2.39. The zero-order valence-electron chi connectivity index (χ0n) is 11.6. The van der Waals surface area contributed by atoms with Crippen LogP contribution in [0.15, 0.2) is 12.1 Å². The Labute approximate surface area is 122 Å². The molecule has 0 aromatic heterocycles. The van der Waals surface area contributed by atoms with Gasteiger partial charge in [0, 0.05) is 13.1 Å². The van der Waals surface area contributed by atoms with E-state index in [2.05, 4.69) is 4.72 Å². The molecule has 0 unspecified atom stereocenters. The number of halogens is 1. The van der Waals surface area contributed by atoms with Crippen molar-refractivity contribution in [2.75, 3.05) is 17.8 Å². The lowest BCUT2D eigenvalue weighted by Gasteiger charge is -2.26. The minimum Gasteiger partial charge on any atom is -0.478 e. The Kier molecular flexibility index (Phi) is 4.48. The van der Waals surface area contributed by atoms with E-state index in [1.54, 1.807) is 0 Å². The van der Waals surface area contributed by atoms with Crippen LogP contribution in [0.5, 0.6) is 0 Å². The van der Waals surface area contributed by atoms with E-state index in [1.807, 2.05) is 0 Å². The predicted molar refractivity (Wildman–Crippen MR) is 76.1 cm³/mol. The summed E-state index contributed by atoms with van der Waals surface area (Å²) in [5.74, 6) is -2.02. The van der Waals surface area contributed by atoms with Crippen LogP contribution in [0.4, 0.5) is 10.1 Å². The third-order valence-corrected chi connectivity index (χ3v) is 4.96. The average Bonchev–Trinajstić information content (AvgIpc) is 2.42. The van der Waals surface area contributed by atoms with Crippen LogP contribution in [-0.4, -0.2) is 36.9 Å². The van der Waals surface area contributed by atoms with E-state index in [1.165, 1.54) is 11.2 Å². The van der Waals surface area contributed by atoms with Gasteiger partial charge in [0.25, 0.3) is 0 Å². The molecule has 1 saturated heterocycles. The Bertz CT molecular complexity index is 654. The van der Waals surface area contributed by atoms with E-state index >= 15 is 0 Å². The molecule has 1 aliphatic heterocycles. The van der Waals surface area contributed by atoms with Gasteiger partial charge in [-0.2, -0.15) is 12.7 Å². The lowest BCUT2D eigenvalue weighted by molar-refractivity contribution is 0.0696. The van der Waals surface area contributed by atoms with Gasteiger partial charge in [-0.1, -0.05) is 6.42 Å². The van der Waals surface area contributed by atoms with Crippen molar-refractivity contribution in [3.05, 3.63) is 29.1 Å². The summed E-state index contributed by atoms with van der Waals surface area (Å²) >= 11 is 0. The fraction of sp³-hybridized carbons (Fsp3) is 0.462. The molecule has 0 radical (unpaired) electrons. The van der Waals surface area contributed by atoms with Crippen molar-refractivity contribution in [3.63, 3.8) is 0 Å². The van der Waals surface area contributed by atoms with Crippen LogP contribution < -0.4 is 4.72 Å². The molecule has 0 aliphatic carbocycles. The van der Waals surface area contributed by atoms with Crippen molar-refractivity contribution in [1.82, 2.24) is 4.31 Å². The van der Waals surface area contributed by atoms with Gasteiger partial charge in [-0.15, -0.1) is 0 Å². The molecule has 0 bridgehead atoms. The van der Waals surface area contributed by atoms with E-state index in [9.17, 15) is 17.6 Å². The number of anilines is 1. The van der Waals surface area contributed by atoms with Crippen LogP contribution in [0, 0.1) is 12.7 Å². The number of rotatable bonds is 4. The van der Waals surface area contributed by atoms with Crippen LogP contribution in [0.25, 0.3) is 0 Å². The summed E-state index contributed by atoms with van der Waals surface area (Å²) in [5, 5.41) is 9.02. The Morgan fingerprint density at radius 2 is 1.90 bits per heavy atom. The zero-order valence-corrected chi connectivity index (χ0v) is 12.4. The van der Waals surface area contributed by atoms with E-state index in [0.29, 0.717) is 13.1 Å². The summed E-state index contributed by atoms with van der Waals surface area (Å²) < 4.78 is 41.6. The molecule has 8 heteroatoms. The van der Waals surface area contributed by atoms with Crippen LogP contribution in [0.3, 0.4) is 0 Å². The quantitative estimate of drug-likeness (QED) is 0.889. The van der Waals surface area contributed by atoms with Gasteiger partial charge in [0.05, 0.1) is 11.3 Å². The van der Waals surface area contributed by atoms with Gasteiger partial charge in [0.1, 0.15) is 5.82 Å². The molecule has 0 saturated carbocycles. The van der Waals surface area contributed by atoms with Gasteiger partial charge in [-0.05, 0) is 37.5 Å². The molecule has 1 heterocycles. The maximum atomic E-state index is 13.9. The number of aromatic carboxylic acids is 1. The smallest absolute Gasteiger partial charge is 0.336 e. The minimum atomic E-state index is -3.86. The fourth-order valence-electron chi connectivity index (χ4n) is 2.29. The van der Waals surface area contributed by atoms with Crippen molar-refractivity contribution in [2.24, 2.45) is 0 Å². The Hall–Kier alpha value is -1.67. The predicted octanol–water partition coefficient (Wildman–Crippen LogP) is 1.97. The van der Waals surface area contributed by atoms with Gasteiger partial charge >= 0.3 is 16.2 Å². The molecule has 0 amide bonds. The Morgan fingerprint density at radius 1 is 1.29 bits per heavy atom. The largest absolute Gasteiger partial charge is 0.478 e. The Morgan fingerprint density at radius 3 is 2.48 bits per heavy atom. The summed E-state index contributed by atoms with van der Waals surface area (Å²) in [7, 11) is -3.86. The van der Waals surface area contributed by atoms with E-state index in [0.717, 1.165) is 31.4 Å². The van der Waals surface area contributed by atoms with Crippen LogP contribution >= 0.6 is 0 Å². The van der Waals surface area contributed by atoms with E-state index in [4.69, 9.17) is 5.11 Å². The van der Waals surface area contributed by atoms with Crippen LogP contribution in [0.2, 0.25) is 0 Å². The second kappa shape index (κ2) is 5.98. The number of carbonyl (C=O) groups is 1. The molecular formula is C13H17FN2O4S. The molecule has 116 valence electrons. The molecule has 1 aromatic rings. The molecule has 0 spiro atoms. The zero-order chi connectivity index (χ0) is 15.6. The molecule has 2 N–H and O–H groups in total. The second-order valence-corrected chi connectivity index (χ2v) is 6.69. The summed E-state index contributed by atoms with van der Waals surface area (Å²) in [4.78, 5) is 11.0. The van der Waals surface area contributed by atoms with Crippen molar-refractivity contribution in [1.29, 1.82) is 0 Å². The van der Waals surface area contributed by atoms with Crippen molar-refractivity contribution in [3.8, 4) is 0 Å². The fourth-order valence-corrected chi connectivity index (χ4v) is 3.59. The first-order chi connectivity index (χ1) is 9.81. The highest BCUT2D eigenvalue weighted by Gasteiger charge is 2.25. The van der Waals surface area contributed by atoms with E-state index < -0.39 is 22.0 Å². The van der Waals surface area contributed by atoms with Crippen molar-refractivity contribution in [2.45, 2.75) is 26.2 Å². The summed E-state index contributed by atoms with van der Waals surface area (Å²) in [5.41, 5.74) is -0.239. The number of hydrogen-bond acceptors (Lipinski definition) is 3. The SMILES string of the molecule is Cc1cc(F)c(NS(=O)(=O)N2CCCCC2)cc1C(=O)O. The monoisotopic (exact) mass is 316 g/mol. The molecule has 2 rings (SSSR count). The summed E-state index contributed by atoms with van der Waals surface area (Å²) in [6, 6.07) is 2.02. The van der Waals surface area contributed by atoms with Crippen molar-refractivity contribution < 1.29 is 22.7 Å². The summed E-state index contributed by atoms with van der Waals surface area (Å²) in [6.45, 7) is 2.22. The normalized spacial score (nSPS) is 16.7. The van der Waals surface area contributed by atoms with Crippen molar-refractivity contribution >= 4 is 21.9 Å². The second-order valence-electron chi connectivity index (χ2n) is 5.02. The van der Waals surface area contributed by atoms with Gasteiger partial charge in [0.2, 0.25) is 0 Å². The lowest BCUT2D eigenvalue weighted by atomic mass is 10.1. The highest BCUT2D eigenvalue weighted by Crippen LogP contribution is 2.23. The highest BCUT2D eigenvalue weighted by molar-refractivity contribution is 7.90. The van der Waals surface area contributed by atoms with Gasteiger partial charge in [0.15, 0.2) is 0 Å². The number of piperidine rings is 1. The van der Waals surface area contributed by atoms with E-state index in [-0.39, 0.29) is 16.8 Å². The summed E-state index contributed by atoms with van der Waals surface area (Å²) in [6.07, 6.45) is 2.49. The van der Waals surface area contributed by atoms with Crippen LogP contribution in [0.1, 0.15) is 35.2 Å². The molecule has 1 fully saturated rings.